The second-order valence-corrected chi connectivity index (χ2v) is 4.03. The number of amides is 1. The monoisotopic (exact) mass is 252 g/mol. The van der Waals surface area contributed by atoms with Gasteiger partial charge in [-0.25, -0.2) is 0 Å². The fraction of sp³-hybridized carbons (Fsp3) is 0.462. The summed E-state index contributed by atoms with van der Waals surface area (Å²) in [5.74, 6) is 0.525. The van der Waals surface area contributed by atoms with Crippen LogP contribution in [0.1, 0.15) is 19.8 Å². The number of aliphatic hydroxyl groups excluding tert-OH is 1. The van der Waals surface area contributed by atoms with Gasteiger partial charge in [0.15, 0.2) is 0 Å². The van der Waals surface area contributed by atoms with Gasteiger partial charge >= 0.3 is 0 Å². The van der Waals surface area contributed by atoms with Gasteiger partial charge in [0.2, 0.25) is 5.91 Å². The summed E-state index contributed by atoms with van der Waals surface area (Å²) in [5, 5.41) is 11.7. The van der Waals surface area contributed by atoms with Crippen molar-refractivity contribution >= 4 is 11.6 Å². The van der Waals surface area contributed by atoms with E-state index in [4.69, 9.17) is 15.6 Å². The summed E-state index contributed by atoms with van der Waals surface area (Å²) in [4.78, 5) is 11.5. The molecule has 18 heavy (non-hydrogen) atoms. The van der Waals surface area contributed by atoms with Gasteiger partial charge in [-0.15, -0.1) is 0 Å². The first kappa shape index (κ1) is 14.3. The highest BCUT2D eigenvalue weighted by Gasteiger charge is 2.08. The molecule has 1 aromatic rings. The topological polar surface area (TPSA) is 84.6 Å². The second-order valence-electron chi connectivity index (χ2n) is 4.03. The van der Waals surface area contributed by atoms with E-state index in [-0.39, 0.29) is 31.6 Å². The first-order valence-corrected chi connectivity index (χ1v) is 6.04. The number of hydrogen-bond donors (Lipinski definition) is 3. The third-order valence-corrected chi connectivity index (χ3v) is 2.53. The highest BCUT2D eigenvalue weighted by atomic mass is 16.5. The summed E-state index contributed by atoms with van der Waals surface area (Å²) in [5.41, 5.74) is 6.23. The molecule has 1 unspecified atom stereocenters. The van der Waals surface area contributed by atoms with Crippen LogP contribution in [-0.4, -0.2) is 30.3 Å². The molecule has 0 aromatic heterocycles. The van der Waals surface area contributed by atoms with E-state index in [0.29, 0.717) is 17.9 Å². The van der Waals surface area contributed by atoms with Gasteiger partial charge in [0, 0.05) is 11.8 Å². The molecule has 0 bridgehead atoms. The smallest absolute Gasteiger partial charge is 0.223 e. The van der Waals surface area contributed by atoms with E-state index in [1.807, 2.05) is 6.92 Å². The Hall–Kier alpha value is -1.75. The van der Waals surface area contributed by atoms with Gasteiger partial charge in [-0.1, -0.05) is 13.0 Å². The van der Waals surface area contributed by atoms with Crippen LogP contribution in [0.3, 0.4) is 0 Å². The van der Waals surface area contributed by atoms with Gasteiger partial charge in [0.05, 0.1) is 25.7 Å². The number of carbonyl (C=O) groups excluding carboxylic acids is 1. The van der Waals surface area contributed by atoms with E-state index in [1.54, 1.807) is 24.3 Å². The molecule has 0 fully saturated rings. The number of ether oxygens (including phenoxy) is 1. The number of nitrogens with two attached hydrogens (primary N) is 1. The first-order valence-electron chi connectivity index (χ1n) is 6.04. The van der Waals surface area contributed by atoms with Crippen molar-refractivity contribution in [1.82, 2.24) is 5.32 Å². The van der Waals surface area contributed by atoms with Gasteiger partial charge in [-0.05, 0) is 18.6 Å². The van der Waals surface area contributed by atoms with Crippen molar-refractivity contribution in [2.24, 2.45) is 0 Å². The molecule has 0 spiro atoms. The summed E-state index contributed by atoms with van der Waals surface area (Å²) in [6.45, 7) is 2.15. The zero-order valence-corrected chi connectivity index (χ0v) is 10.6. The minimum atomic E-state index is -0.176. The van der Waals surface area contributed by atoms with E-state index in [1.165, 1.54) is 0 Å². The summed E-state index contributed by atoms with van der Waals surface area (Å²) >= 11 is 0. The predicted molar refractivity (Wildman–Crippen MR) is 70.3 cm³/mol. The van der Waals surface area contributed by atoms with Crippen molar-refractivity contribution in [3.63, 3.8) is 0 Å². The molecule has 0 radical (unpaired) electrons. The number of nitrogens with one attached hydrogen (secondary N) is 1. The maximum Gasteiger partial charge on any atom is 0.223 e. The van der Waals surface area contributed by atoms with Crippen molar-refractivity contribution in [2.75, 3.05) is 18.9 Å². The molecule has 4 N–H and O–H groups in total. The number of anilines is 1. The third-order valence-electron chi connectivity index (χ3n) is 2.53. The van der Waals surface area contributed by atoms with Crippen LogP contribution in [0.15, 0.2) is 24.3 Å². The lowest BCUT2D eigenvalue weighted by Crippen LogP contribution is -2.37. The Morgan fingerprint density at radius 2 is 2.33 bits per heavy atom. The predicted octanol–water partition coefficient (Wildman–Crippen LogP) is 0.925. The van der Waals surface area contributed by atoms with Gasteiger partial charge in [0.1, 0.15) is 5.75 Å². The minimum absolute atomic E-state index is 0.0433. The molecule has 0 aliphatic rings. The van der Waals surface area contributed by atoms with Crippen LogP contribution >= 0.6 is 0 Å². The van der Waals surface area contributed by atoms with Crippen molar-refractivity contribution in [3.8, 4) is 5.75 Å². The molecule has 0 saturated heterocycles. The second kappa shape index (κ2) is 7.55. The van der Waals surface area contributed by atoms with Crippen molar-refractivity contribution < 1.29 is 14.6 Å². The van der Waals surface area contributed by atoms with Gasteiger partial charge < -0.3 is 20.9 Å². The zero-order chi connectivity index (χ0) is 13.4. The Kier molecular flexibility index (Phi) is 6.00. The van der Waals surface area contributed by atoms with Crippen LogP contribution in [0, 0.1) is 0 Å². The molecule has 0 saturated carbocycles. The molecule has 100 valence electrons. The fourth-order valence-corrected chi connectivity index (χ4v) is 1.44. The van der Waals surface area contributed by atoms with E-state index in [0.717, 1.165) is 0 Å². The number of nitrogen functional groups attached to an aromatic ring is 1. The number of aliphatic hydroxyl groups is 1. The number of benzene rings is 1. The molecular weight excluding hydrogens is 232 g/mol. The van der Waals surface area contributed by atoms with Crippen molar-refractivity contribution in [3.05, 3.63) is 24.3 Å². The van der Waals surface area contributed by atoms with Gasteiger partial charge in [-0.3, -0.25) is 4.79 Å². The highest BCUT2D eigenvalue weighted by Crippen LogP contribution is 2.14. The van der Waals surface area contributed by atoms with Crippen LogP contribution < -0.4 is 15.8 Å². The first-order chi connectivity index (χ1) is 8.65. The molecule has 0 aliphatic carbocycles. The summed E-state index contributed by atoms with van der Waals surface area (Å²) in [6.07, 6.45) is 0.962. The molecule has 1 atom stereocenters. The van der Waals surface area contributed by atoms with Crippen LogP contribution in [0.25, 0.3) is 0 Å². The van der Waals surface area contributed by atoms with Crippen LogP contribution in [0.4, 0.5) is 5.69 Å². The maximum atomic E-state index is 11.5. The minimum Gasteiger partial charge on any atom is -0.493 e. The standard InChI is InChI=1S/C13H20N2O3/c1-2-11(9-16)15-13(17)6-7-18-12-5-3-4-10(14)8-12/h3-5,8,11,16H,2,6-7,9,14H2,1H3,(H,15,17). The third kappa shape index (κ3) is 5.05. The molecule has 5 nitrogen and oxygen atoms in total. The lowest BCUT2D eigenvalue weighted by molar-refractivity contribution is -0.122. The summed E-state index contributed by atoms with van der Waals surface area (Å²) in [7, 11) is 0. The highest BCUT2D eigenvalue weighted by molar-refractivity contribution is 5.76. The Morgan fingerprint density at radius 1 is 1.56 bits per heavy atom. The van der Waals surface area contributed by atoms with E-state index in [2.05, 4.69) is 5.32 Å². The molecule has 5 heteroatoms. The largest absolute Gasteiger partial charge is 0.493 e. The summed E-state index contributed by atoms with van der Waals surface area (Å²) in [6, 6.07) is 6.89. The van der Waals surface area contributed by atoms with E-state index < -0.39 is 0 Å². The number of rotatable bonds is 7. The molecule has 1 rings (SSSR count). The summed E-state index contributed by atoms with van der Waals surface area (Å²) < 4.78 is 5.40. The van der Waals surface area contributed by atoms with Crippen LogP contribution in [0.2, 0.25) is 0 Å². The van der Waals surface area contributed by atoms with E-state index in [9.17, 15) is 4.79 Å². The quantitative estimate of drug-likeness (QED) is 0.630. The average Bonchev–Trinajstić information content (AvgIpc) is 2.36. The van der Waals surface area contributed by atoms with Crippen LogP contribution in [-0.2, 0) is 4.79 Å². The molecule has 0 heterocycles. The number of carbonyl (C=O) groups is 1. The van der Waals surface area contributed by atoms with Crippen molar-refractivity contribution in [1.29, 1.82) is 0 Å². The lowest BCUT2D eigenvalue weighted by atomic mass is 10.2. The Morgan fingerprint density at radius 3 is 2.94 bits per heavy atom. The van der Waals surface area contributed by atoms with E-state index >= 15 is 0 Å². The van der Waals surface area contributed by atoms with Gasteiger partial charge in [-0.2, -0.15) is 0 Å². The van der Waals surface area contributed by atoms with Crippen molar-refractivity contribution in [2.45, 2.75) is 25.8 Å². The Bertz CT molecular complexity index is 378. The molecule has 0 aliphatic heterocycles. The SMILES string of the molecule is CCC(CO)NC(=O)CCOc1cccc(N)c1. The number of hydrogen-bond acceptors (Lipinski definition) is 4. The fourth-order valence-electron chi connectivity index (χ4n) is 1.44. The lowest BCUT2D eigenvalue weighted by Gasteiger charge is -2.14. The Labute approximate surface area is 107 Å². The molecule has 1 aromatic carbocycles. The molecule has 1 amide bonds. The average molecular weight is 252 g/mol. The maximum absolute atomic E-state index is 11.5. The zero-order valence-electron chi connectivity index (χ0n) is 10.6. The normalized spacial score (nSPS) is 11.9. The Balaban J connectivity index is 2.27. The van der Waals surface area contributed by atoms with Gasteiger partial charge in [0.25, 0.3) is 0 Å². The molecular formula is C13H20N2O3. The van der Waals surface area contributed by atoms with Crippen LogP contribution in [0.5, 0.6) is 5.75 Å².